The number of amides is 3. The van der Waals surface area contributed by atoms with Crippen molar-refractivity contribution in [3.05, 3.63) is 89.7 Å². The highest BCUT2D eigenvalue weighted by atomic mass is 16.2. The molecule has 1 aromatic heterocycles. The average Bonchev–Trinajstić information content (AvgIpc) is 2.71. The number of aromatic nitrogens is 1. The lowest BCUT2D eigenvalue weighted by Crippen LogP contribution is -2.31. The van der Waals surface area contributed by atoms with Gasteiger partial charge in [-0.3, -0.25) is 9.78 Å². The Bertz CT molecular complexity index is 959. The van der Waals surface area contributed by atoms with Crippen molar-refractivity contribution in [3.8, 4) is 0 Å². The third kappa shape index (κ3) is 4.94. The van der Waals surface area contributed by atoms with Crippen LogP contribution in [0, 0.1) is 6.92 Å². The van der Waals surface area contributed by atoms with Crippen molar-refractivity contribution in [2.24, 2.45) is 0 Å². The fourth-order valence-electron chi connectivity index (χ4n) is 2.64. The maximum atomic E-state index is 12.5. The molecule has 0 aliphatic heterocycles. The number of nitrogens with one attached hydrogen (secondary N) is 2. The summed E-state index contributed by atoms with van der Waals surface area (Å²) >= 11 is 0. The van der Waals surface area contributed by atoms with Crippen molar-refractivity contribution in [1.82, 2.24) is 9.88 Å². The lowest BCUT2D eigenvalue weighted by atomic mass is 10.1. The molecular weight excluding hydrogens is 352 g/mol. The first kappa shape index (κ1) is 19.1. The van der Waals surface area contributed by atoms with E-state index >= 15 is 0 Å². The Kier molecular flexibility index (Phi) is 6.01. The third-order valence-electron chi connectivity index (χ3n) is 4.25. The summed E-state index contributed by atoms with van der Waals surface area (Å²) in [4.78, 5) is 30.8. The minimum absolute atomic E-state index is 0.233. The first-order chi connectivity index (χ1) is 13.5. The fourth-order valence-corrected chi connectivity index (χ4v) is 2.64. The molecule has 0 atom stereocenters. The second kappa shape index (κ2) is 8.81. The molecule has 0 spiro atoms. The Morgan fingerprint density at radius 3 is 2.43 bits per heavy atom. The molecule has 0 bridgehead atoms. The first-order valence-electron chi connectivity index (χ1n) is 8.92. The number of nitrogens with zero attached hydrogens (tertiary/aromatic N) is 2. The van der Waals surface area contributed by atoms with E-state index in [1.165, 1.54) is 0 Å². The molecule has 0 aliphatic rings. The van der Waals surface area contributed by atoms with Crippen LogP contribution < -0.4 is 10.6 Å². The lowest BCUT2D eigenvalue weighted by molar-refractivity contribution is 0.102. The van der Waals surface area contributed by atoms with Crippen LogP contribution in [0.1, 0.15) is 21.6 Å². The molecule has 0 saturated heterocycles. The molecule has 28 heavy (non-hydrogen) atoms. The minimum atomic E-state index is -0.269. The predicted molar refractivity (Wildman–Crippen MR) is 110 cm³/mol. The van der Waals surface area contributed by atoms with E-state index in [9.17, 15) is 9.59 Å². The van der Waals surface area contributed by atoms with Crippen LogP contribution >= 0.6 is 0 Å². The summed E-state index contributed by atoms with van der Waals surface area (Å²) in [6, 6.07) is 19.8. The maximum absolute atomic E-state index is 12.5. The average molecular weight is 374 g/mol. The topological polar surface area (TPSA) is 74.3 Å². The van der Waals surface area contributed by atoms with Gasteiger partial charge < -0.3 is 15.5 Å². The van der Waals surface area contributed by atoms with Gasteiger partial charge in [-0.15, -0.1) is 0 Å². The van der Waals surface area contributed by atoms with Gasteiger partial charge in [0.2, 0.25) is 0 Å². The van der Waals surface area contributed by atoms with Gasteiger partial charge in [0.05, 0.1) is 12.2 Å². The molecule has 0 aliphatic carbocycles. The predicted octanol–water partition coefficient (Wildman–Crippen LogP) is 4.31. The Balaban J connectivity index is 1.69. The van der Waals surface area contributed by atoms with Crippen LogP contribution in [0.4, 0.5) is 16.2 Å². The second-order valence-electron chi connectivity index (χ2n) is 6.46. The van der Waals surface area contributed by atoms with E-state index in [-0.39, 0.29) is 11.9 Å². The van der Waals surface area contributed by atoms with Crippen molar-refractivity contribution in [3.63, 3.8) is 0 Å². The fraction of sp³-hybridized carbons (Fsp3) is 0.136. The molecular formula is C22H22N4O2. The summed E-state index contributed by atoms with van der Waals surface area (Å²) in [5, 5.41) is 5.71. The van der Waals surface area contributed by atoms with E-state index in [1.807, 2.05) is 61.5 Å². The quantitative estimate of drug-likeness (QED) is 0.699. The largest absolute Gasteiger partial charge is 0.322 e. The minimum Gasteiger partial charge on any atom is -0.322 e. The van der Waals surface area contributed by atoms with Gasteiger partial charge in [0.1, 0.15) is 0 Å². The SMILES string of the molecule is Cc1ccc(C(=O)Nc2ccccc2)cc1NC(=O)N(C)Cc1ccccn1. The van der Waals surface area contributed by atoms with Gasteiger partial charge in [0.15, 0.2) is 0 Å². The number of anilines is 2. The van der Waals surface area contributed by atoms with Gasteiger partial charge in [0, 0.05) is 30.2 Å². The molecule has 2 aromatic carbocycles. The van der Waals surface area contributed by atoms with Crippen molar-refractivity contribution in [2.45, 2.75) is 13.5 Å². The van der Waals surface area contributed by atoms with E-state index in [2.05, 4.69) is 15.6 Å². The van der Waals surface area contributed by atoms with Crippen LogP contribution in [-0.4, -0.2) is 28.9 Å². The highest BCUT2D eigenvalue weighted by Gasteiger charge is 2.13. The van der Waals surface area contributed by atoms with Gasteiger partial charge >= 0.3 is 6.03 Å². The van der Waals surface area contributed by atoms with Crippen LogP contribution in [0.2, 0.25) is 0 Å². The Morgan fingerprint density at radius 2 is 1.71 bits per heavy atom. The zero-order valence-corrected chi connectivity index (χ0v) is 15.8. The molecule has 2 N–H and O–H groups in total. The molecule has 0 unspecified atom stereocenters. The molecule has 0 radical (unpaired) electrons. The normalized spacial score (nSPS) is 10.2. The molecule has 3 amide bonds. The van der Waals surface area contributed by atoms with Crippen molar-refractivity contribution >= 4 is 23.3 Å². The zero-order valence-electron chi connectivity index (χ0n) is 15.8. The van der Waals surface area contributed by atoms with E-state index < -0.39 is 0 Å². The molecule has 0 fully saturated rings. The Labute approximate surface area is 164 Å². The highest BCUT2D eigenvalue weighted by Crippen LogP contribution is 2.19. The monoisotopic (exact) mass is 374 g/mol. The number of hydrogen-bond acceptors (Lipinski definition) is 3. The van der Waals surface area contributed by atoms with E-state index in [0.717, 1.165) is 11.3 Å². The number of para-hydroxylation sites is 1. The number of carbonyl (C=O) groups excluding carboxylic acids is 2. The molecule has 6 nitrogen and oxygen atoms in total. The van der Waals surface area contributed by atoms with E-state index in [1.54, 1.807) is 30.3 Å². The molecule has 142 valence electrons. The number of rotatable bonds is 5. The Hall–Kier alpha value is -3.67. The van der Waals surface area contributed by atoms with Gasteiger partial charge in [-0.2, -0.15) is 0 Å². The van der Waals surface area contributed by atoms with Gasteiger partial charge in [-0.05, 0) is 48.9 Å². The van der Waals surface area contributed by atoms with Crippen molar-refractivity contribution in [2.75, 3.05) is 17.7 Å². The number of urea groups is 1. The van der Waals surface area contributed by atoms with Crippen LogP contribution in [0.15, 0.2) is 72.9 Å². The molecule has 3 rings (SSSR count). The zero-order chi connectivity index (χ0) is 19.9. The number of hydrogen-bond donors (Lipinski definition) is 2. The standard InChI is InChI=1S/C22H22N4O2/c1-16-11-12-17(21(27)24-18-8-4-3-5-9-18)14-20(16)25-22(28)26(2)15-19-10-6-7-13-23-19/h3-14H,15H2,1-2H3,(H,24,27)(H,25,28). The van der Waals surface area contributed by atoms with Crippen LogP contribution in [0.3, 0.4) is 0 Å². The van der Waals surface area contributed by atoms with Crippen LogP contribution in [0.5, 0.6) is 0 Å². The van der Waals surface area contributed by atoms with E-state index in [4.69, 9.17) is 0 Å². The number of carbonyl (C=O) groups is 2. The molecule has 0 saturated carbocycles. The molecule has 6 heteroatoms. The number of benzene rings is 2. The maximum Gasteiger partial charge on any atom is 0.321 e. The summed E-state index contributed by atoms with van der Waals surface area (Å²) < 4.78 is 0. The molecule has 3 aromatic rings. The van der Waals surface area contributed by atoms with Gasteiger partial charge in [-0.25, -0.2) is 4.79 Å². The van der Waals surface area contributed by atoms with Crippen LogP contribution in [-0.2, 0) is 6.54 Å². The first-order valence-corrected chi connectivity index (χ1v) is 8.92. The molecule has 1 heterocycles. The lowest BCUT2D eigenvalue weighted by Gasteiger charge is -2.19. The van der Waals surface area contributed by atoms with Crippen LogP contribution in [0.25, 0.3) is 0 Å². The third-order valence-corrected chi connectivity index (χ3v) is 4.25. The number of pyridine rings is 1. The van der Waals surface area contributed by atoms with Gasteiger partial charge in [-0.1, -0.05) is 30.3 Å². The summed E-state index contributed by atoms with van der Waals surface area (Å²) in [6.07, 6.45) is 1.69. The second-order valence-corrected chi connectivity index (χ2v) is 6.46. The van der Waals surface area contributed by atoms with Gasteiger partial charge in [0.25, 0.3) is 5.91 Å². The number of aryl methyl sites for hydroxylation is 1. The summed E-state index contributed by atoms with van der Waals surface area (Å²) in [5.41, 5.74) is 3.45. The van der Waals surface area contributed by atoms with Crippen molar-refractivity contribution in [1.29, 1.82) is 0 Å². The summed E-state index contributed by atoms with van der Waals surface area (Å²) in [6.45, 7) is 2.27. The Morgan fingerprint density at radius 1 is 0.964 bits per heavy atom. The summed E-state index contributed by atoms with van der Waals surface area (Å²) in [7, 11) is 1.70. The highest BCUT2D eigenvalue weighted by molar-refractivity contribution is 6.05. The van der Waals surface area contributed by atoms with Crippen molar-refractivity contribution < 1.29 is 9.59 Å². The van der Waals surface area contributed by atoms with E-state index in [0.29, 0.717) is 23.5 Å². The summed E-state index contributed by atoms with van der Waals surface area (Å²) in [5.74, 6) is -0.233. The smallest absolute Gasteiger partial charge is 0.321 e.